The van der Waals surface area contributed by atoms with Crippen molar-refractivity contribution in [2.75, 3.05) is 20.2 Å². The molecule has 0 amide bonds. The molecule has 0 atom stereocenters. The Labute approximate surface area is 78.5 Å². The molecule has 0 aromatic heterocycles. The summed E-state index contributed by atoms with van der Waals surface area (Å²) in [5.41, 5.74) is 0. The Kier molecular flexibility index (Phi) is 4.29. The Bertz CT molecular complexity index is 224. The van der Waals surface area contributed by atoms with E-state index in [9.17, 15) is 0 Å². The minimum absolute atomic E-state index is 0.632. The van der Waals surface area contributed by atoms with Crippen LogP contribution < -0.4 is 4.74 Å². The van der Waals surface area contributed by atoms with E-state index in [1.807, 2.05) is 30.3 Å². The summed E-state index contributed by atoms with van der Waals surface area (Å²) in [7, 11) is 1.63. The zero-order valence-corrected chi connectivity index (χ0v) is 7.81. The number of benzene rings is 1. The highest BCUT2D eigenvalue weighted by Gasteiger charge is 1.93. The lowest BCUT2D eigenvalue weighted by atomic mass is 10.3. The van der Waals surface area contributed by atoms with Crippen molar-refractivity contribution in [2.24, 2.45) is 0 Å². The summed E-state index contributed by atoms with van der Waals surface area (Å²) in [4.78, 5) is 0. The third-order valence-electron chi connectivity index (χ3n) is 1.64. The number of nitrogens with zero attached hydrogens (tertiary/aromatic N) is 1. The van der Waals surface area contributed by atoms with Crippen LogP contribution in [0, 0.1) is 0 Å². The molecule has 72 valence electrons. The van der Waals surface area contributed by atoms with Crippen LogP contribution in [0.5, 0.6) is 5.75 Å². The third kappa shape index (κ3) is 4.50. The topological polar surface area (TPSA) is 32.7 Å². The second kappa shape index (κ2) is 5.56. The first-order chi connectivity index (χ1) is 6.29. The lowest BCUT2D eigenvalue weighted by molar-refractivity contribution is -0.0670. The predicted molar refractivity (Wildman–Crippen MR) is 51.0 cm³/mol. The highest BCUT2D eigenvalue weighted by Crippen LogP contribution is 2.08. The van der Waals surface area contributed by atoms with Crippen molar-refractivity contribution in [3.05, 3.63) is 30.3 Å². The first kappa shape index (κ1) is 10.0. The van der Waals surface area contributed by atoms with Gasteiger partial charge in [0.15, 0.2) is 0 Å². The van der Waals surface area contributed by atoms with Gasteiger partial charge in [0.05, 0.1) is 6.61 Å². The average molecular weight is 181 g/mol. The molecule has 3 heteroatoms. The monoisotopic (exact) mass is 181 g/mol. The molecule has 1 aromatic carbocycles. The molecule has 0 saturated heterocycles. The van der Waals surface area contributed by atoms with Crippen molar-refractivity contribution in [1.82, 2.24) is 5.06 Å². The van der Waals surface area contributed by atoms with E-state index in [1.54, 1.807) is 7.05 Å². The van der Waals surface area contributed by atoms with E-state index in [0.717, 1.165) is 17.2 Å². The molecule has 0 spiro atoms. The standard InChI is InChI=1S/C10H15NO2/c1-11(12)8-5-9-13-10-6-3-2-4-7-10/h2-4,6-7,12H,5,8-9H2,1H3. The molecule has 1 N–H and O–H groups in total. The summed E-state index contributed by atoms with van der Waals surface area (Å²) in [5.74, 6) is 0.878. The minimum atomic E-state index is 0.632. The first-order valence-corrected chi connectivity index (χ1v) is 4.37. The van der Waals surface area contributed by atoms with Crippen molar-refractivity contribution >= 4 is 0 Å². The Morgan fingerprint density at radius 3 is 2.62 bits per heavy atom. The second-order valence-corrected chi connectivity index (χ2v) is 2.90. The zero-order chi connectivity index (χ0) is 9.52. The Balaban J connectivity index is 2.13. The molecule has 0 aliphatic carbocycles. The van der Waals surface area contributed by atoms with Gasteiger partial charge in [0.2, 0.25) is 0 Å². The summed E-state index contributed by atoms with van der Waals surface area (Å²) in [5, 5.41) is 9.99. The van der Waals surface area contributed by atoms with Gasteiger partial charge in [0.1, 0.15) is 5.75 Å². The van der Waals surface area contributed by atoms with Gasteiger partial charge in [0, 0.05) is 13.6 Å². The van der Waals surface area contributed by atoms with E-state index in [2.05, 4.69) is 0 Å². The molecule has 0 saturated carbocycles. The van der Waals surface area contributed by atoms with E-state index in [0.29, 0.717) is 13.2 Å². The van der Waals surface area contributed by atoms with Gasteiger partial charge < -0.3 is 9.94 Å². The normalized spacial score (nSPS) is 10.4. The van der Waals surface area contributed by atoms with Crippen molar-refractivity contribution in [3.63, 3.8) is 0 Å². The molecule has 0 fully saturated rings. The summed E-state index contributed by atoms with van der Waals surface area (Å²) in [6, 6.07) is 9.67. The van der Waals surface area contributed by atoms with Gasteiger partial charge in [-0.25, -0.2) is 0 Å². The number of hydrogen-bond donors (Lipinski definition) is 1. The molecule has 0 aliphatic heterocycles. The van der Waals surface area contributed by atoms with Gasteiger partial charge in [-0.2, -0.15) is 5.06 Å². The maximum absolute atomic E-state index is 8.83. The molecule has 13 heavy (non-hydrogen) atoms. The van der Waals surface area contributed by atoms with Gasteiger partial charge in [-0.3, -0.25) is 0 Å². The van der Waals surface area contributed by atoms with E-state index >= 15 is 0 Å². The fourth-order valence-electron chi connectivity index (χ4n) is 1.00. The molecule has 0 radical (unpaired) electrons. The molecular formula is C10H15NO2. The van der Waals surface area contributed by atoms with Gasteiger partial charge in [-0.05, 0) is 18.6 Å². The fraction of sp³-hybridized carbons (Fsp3) is 0.400. The van der Waals surface area contributed by atoms with Crippen LogP contribution in [0.15, 0.2) is 30.3 Å². The van der Waals surface area contributed by atoms with Crippen LogP contribution in [0.25, 0.3) is 0 Å². The van der Waals surface area contributed by atoms with Gasteiger partial charge in [-0.15, -0.1) is 0 Å². The van der Waals surface area contributed by atoms with Crippen LogP contribution >= 0.6 is 0 Å². The molecule has 1 rings (SSSR count). The van der Waals surface area contributed by atoms with E-state index in [4.69, 9.17) is 9.94 Å². The average Bonchev–Trinajstić information content (AvgIpc) is 2.14. The number of rotatable bonds is 5. The zero-order valence-electron chi connectivity index (χ0n) is 7.81. The summed E-state index contributed by atoms with van der Waals surface area (Å²) in [6.45, 7) is 1.27. The van der Waals surface area contributed by atoms with E-state index < -0.39 is 0 Å². The highest BCUT2D eigenvalue weighted by atomic mass is 16.5. The quantitative estimate of drug-likeness (QED) is 0.555. The molecule has 0 bridgehead atoms. The molecule has 3 nitrogen and oxygen atoms in total. The summed E-state index contributed by atoms with van der Waals surface area (Å²) in [6.07, 6.45) is 0.821. The van der Waals surface area contributed by atoms with E-state index in [1.165, 1.54) is 0 Å². The fourth-order valence-corrected chi connectivity index (χ4v) is 1.00. The largest absolute Gasteiger partial charge is 0.494 e. The van der Waals surface area contributed by atoms with Crippen LogP contribution in [0.1, 0.15) is 6.42 Å². The van der Waals surface area contributed by atoms with Crippen molar-refractivity contribution in [3.8, 4) is 5.75 Å². The third-order valence-corrected chi connectivity index (χ3v) is 1.64. The minimum Gasteiger partial charge on any atom is -0.494 e. The van der Waals surface area contributed by atoms with E-state index in [-0.39, 0.29) is 0 Å². The highest BCUT2D eigenvalue weighted by molar-refractivity contribution is 5.20. The van der Waals surface area contributed by atoms with Crippen LogP contribution in [0.2, 0.25) is 0 Å². The van der Waals surface area contributed by atoms with Crippen molar-refractivity contribution in [2.45, 2.75) is 6.42 Å². The van der Waals surface area contributed by atoms with Crippen LogP contribution in [-0.2, 0) is 0 Å². The molecule has 0 unspecified atom stereocenters. The maximum atomic E-state index is 8.83. The number of ether oxygens (including phenoxy) is 1. The Morgan fingerprint density at radius 2 is 2.00 bits per heavy atom. The Morgan fingerprint density at radius 1 is 1.31 bits per heavy atom. The molecule has 1 aromatic rings. The van der Waals surface area contributed by atoms with Crippen LogP contribution in [0.4, 0.5) is 0 Å². The smallest absolute Gasteiger partial charge is 0.119 e. The van der Waals surface area contributed by atoms with Gasteiger partial charge in [0.25, 0.3) is 0 Å². The maximum Gasteiger partial charge on any atom is 0.119 e. The molecule has 0 aliphatic rings. The lowest BCUT2D eigenvalue weighted by Gasteiger charge is -2.08. The van der Waals surface area contributed by atoms with Crippen LogP contribution in [-0.4, -0.2) is 30.5 Å². The first-order valence-electron chi connectivity index (χ1n) is 4.37. The number of hydroxylamine groups is 2. The number of hydrogen-bond acceptors (Lipinski definition) is 3. The van der Waals surface area contributed by atoms with Gasteiger partial charge >= 0.3 is 0 Å². The predicted octanol–water partition coefficient (Wildman–Crippen LogP) is 1.78. The lowest BCUT2D eigenvalue weighted by Crippen LogP contribution is -2.16. The summed E-state index contributed by atoms with van der Waals surface area (Å²) < 4.78 is 5.42. The van der Waals surface area contributed by atoms with Crippen LogP contribution in [0.3, 0.4) is 0 Å². The molecule has 0 heterocycles. The SMILES string of the molecule is CN(O)CCCOc1ccccc1. The van der Waals surface area contributed by atoms with Gasteiger partial charge in [-0.1, -0.05) is 18.2 Å². The number of para-hydroxylation sites is 1. The Hall–Kier alpha value is -1.06. The van der Waals surface area contributed by atoms with Crippen molar-refractivity contribution in [1.29, 1.82) is 0 Å². The van der Waals surface area contributed by atoms with Crippen molar-refractivity contribution < 1.29 is 9.94 Å². The summed E-state index contributed by atoms with van der Waals surface area (Å²) >= 11 is 0. The second-order valence-electron chi connectivity index (χ2n) is 2.90. The molecular weight excluding hydrogens is 166 g/mol.